The zero-order valence-electron chi connectivity index (χ0n) is 26.1. The monoisotopic (exact) mass is 655 g/mol. The zero-order valence-corrected chi connectivity index (χ0v) is 26.9. The van der Waals surface area contributed by atoms with Crippen LogP contribution in [0.15, 0.2) is 60.7 Å². The van der Waals surface area contributed by atoms with Crippen LogP contribution in [0.25, 0.3) is 0 Å². The molecule has 1 unspecified atom stereocenters. The molecule has 0 aromatic heterocycles. The lowest BCUT2D eigenvalue weighted by molar-refractivity contribution is -0.267. The van der Waals surface area contributed by atoms with Gasteiger partial charge in [0.2, 0.25) is 5.78 Å². The Morgan fingerprint density at radius 2 is 1.48 bits per heavy atom. The first-order valence-corrected chi connectivity index (χ1v) is 15.3. The van der Waals surface area contributed by atoms with Gasteiger partial charge in [0.1, 0.15) is 24.7 Å². The third-order valence-corrected chi connectivity index (χ3v) is 7.55. The number of carbonyl (C=O) groups is 3. The van der Waals surface area contributed by atoms with Gasteiger partial charge in [0.05, 0.1) is 31.9 Å². The topological polar surface area (TPSA) is 119 Å². The van der Waals surface area contributed by atoms with Gasteiger partial charge in [0, 0.05) is 26.0 Å². The van der Waals surface area contributed by atoms with E-state index in [1.54, 1.807) is 20.3 Å². The molecule has 3 aromatic rings. The lowest BCUT2D eigenvalue weighted by atomic mass is 10.1. The Hall–Kier alpha value is -4.32. The molecule has 0 aliphatic carbocycles. The van der Waals surface area contributed by atoms with Gasteiger partial charge in [-0.3, -0.25) is 9.59 Å². The van der Waals surface area contributed by atoms with Crippen LogP contribution in [0.2, 0.25) is 5.02 Å². The predicted molar refractivity (Wildman–Crippen MR) is 168 cm³/mol. The van der Waals surface area contributed by atoms with Gasteiger partial charge in [0.15, 0.2) is 17.8 Å². The molecule has 0 bridgehead atoms. The summed E-state index contributed by atoms with van der Waals surface area (Å²) in [6.45, 7) is 0.828. The molecule has 1 aliphatic heterocycles. The van der Waals surface area contributed by atoms with Crippen LogP contribution in [0.1, 0.15) is 53.6 Å². The van der Waals surface area contributed by atoms with E-state index in [0.29, 0.717) is 24.5 Å². The van der Waals surface area contributed by atoms with Crippen molar-refractivity contribution in [2.75, 3.05) is 34.5 Å². The minimum absolute atomic E-state index is 0.00445. The molecule has 1 fully saturated rings. The van der Waals surface area contributed by atoms with Crippen LogP contribution in [-0.4, -0.2) is 63.5 Å². The Labute approximate surface area is 273 Å². The fourth-order valence-corrected chi connectivity index (χ4v) is 4.88. The van der Waals surface area contributed by atoms with Crippen LogP contribution in [0.4, 0.5) is 0 Å². The van der Waals surface area contributed by atoms with Crippen molar-refractivity contribution in [1.29, 1.82) is 0 Å². The highest BCUT2D eigenvalue weighted by Crippen LogP contribution is 2.39. The summed E-state index contributed by atoms with van der Waals surface area (Å²) in [5.41, 5.74) is 1.81. The first-order valence-electron chi connectivity index (χ1n) is 14.9. The van der Waals surface area contributed by atoms with E-state index in [4.69, 9.17) is 40.1 Å². The van der Waals surface area contributed by atoms with Gasteiger partial charge < -0.3 is 28.4 Å². The summed E-state index contributed by atoms with van der Waals surface area (Å²) in [7, 11) is 4.32. The Kier molecular flexibility index (Phi) is 13.1. The third kappa shape index (κ3) is 9.59. The van der Waals surface area contributed by atoms with Crippen molar-refractivity contribution < 1.29 is 47.6 Å². The standard InChI is InChI=1S/C34H38ClNO10/c1-40-25-13-9-23(10-14-25)21-44-29-18-17-27(31(35)32(29)45-22-24-11-15-26(41-2)16-12-24)33(38)36(46-30-8-4-5-20-43-30)19-6-7-28(37)34(39)42-3/h9-18,30H,4-8,19-22H2,1-3H3. The Morgan fingerprint density at radius 3 is 2.04 bits per heavy atom. The van der Waals surface area contributed by atoms with Gasteiger partial charge in [-0.05, 0) is 66.8 Å². The molecule has 3 aromatic carbocycles. The van der Waals surface area contributed by atoms with Crippen LogP contribution < -0.4 is 18.9 Å². The quantitative estimate of drug-likeness (QED) is 0.104. The molecule has 0 N–H and O–H groups in total. The zero-order chi connectivity index (χ0) is 32.9. The summed E-state index contributed by atoms with van der Waals surface area (Å²) in [4.78, 5) is 43.5. The minimum Gasteiger partial charge on any atom is -0.497 e. The molecular formula is C34H38ClNO10. The molecule has 0 radical (unpaired) electrons. The Morgan fingerprint density at radius 1 is 0.848 bits per heavy atom. The number of hydrogen-bond donors (Lipinski definition) is 0. The normalized spacial score (nSPS) is 14.2. The van der Waals surface area contributed by atoms with Crippen LogP contribution in [0, 0.1) is 0 Å². The van der Waals surface area contributed by atoms with Crippen molar-refractivity contribution in [2.45, 2.75) is 51.6 Å². The highest BCUT2D eigenvalue weighted by Gasteiger charge is 2.28. The second-order valence-electron chi connectivity index (χ2n) is 10.4. The molecule has 1 heterocycles. The largest absolute Gasteiger partial charge is 0.497 e. The summed E-state index contributed by atoms with van der Waals surface area (Å²) in [5, 5.41) is 1.14. The molecule has 46 heavy (non-hydrogen) atoms. The molecule has 1 amide bonds. The van der Waals surface area contributed by atoms with Crippen molar-refractivity contribution in [3.63, 3.8) is 0 Å². The van der Waals surface area contributed by atoms with Crippen molar-refractivity contribution in [1.82, 2.24) is 5.06 Å². The number of nitrogens with zero attached hydrogens (tertiary/aromatic N) is 1. The average Bonchev–Trinajstić information content (AvgIpc) is 3.10. The molecule has 1 atom stereocenters. The van der Waals surface area contributed by atoms with Crippen molar-refractivity contribution in [2.24, 2.45) is 0 Å². The van der Waals surface area contributed by atoms with Crippen LogP contribution in [0.3, 0.4) is 0 Å². The van der Waals surface area contributed by atoms with E-state index in [1.165, 1.54) is 6.07 Å². The molecular weight excluding hydrogens is 618 g/mol. The number of hydroxylamine groups is 2. The van der Waals surface area contributed by atoms with Gasteiger partial charge in [-0.1, -0.05) is 35.9 Å². The number of ether oxygens (including phenoxy) is 6. The maximum absolute atomic E-state index is 13.9. The molecule has 12 heteroatoms. The Bertz CT molecular complexity index is 1460. The van der Waals surface area contributed by atoms with Crippen molar-refractivity contribution >= 4 is 29.3 Å². The average molecular weight is 656 g/mol. The maximum Gasteiger partial charge on any atom is 0.374 e. The molecule has 0 spiro atoms. The van der Waals surface area contributed by atoms with Crippen LogP contribution >= 0.6 is 11.6 Å². The molecule has 0 saturated carbocycles. The lowest BCUT2D eigenvalue weighted by Gasteiger charge is -2.30. The van der Waals surface area contributed by atoms with E-state index in [9.17, 15) is 14.4 Å². The highest BCUT2D eigenvalue weighted by atomic mass is 35.5. The van der Waals surface area contributed by atoms with Crippen LogP contribution in [0.5, 0.6) is 23.0 Å². The molecule has 1 saturated heterocycles. The van der Waals surface area contributed by atoms with E-state index in [-0.39, 0.29) is 48.9 Å². The number of halogens is 1. The van der Waals surface area contributed by atoms with Gasteiger partial charge >= 0.3 is 5.97 Å². The number of amides is 1. The number of hydrogen-bond acceptors (Lipinski definition) is 10. The molecule has 11 nitrogen and oxygen atoms in total. The molecule has 4 rings (SSSR count). The predicted octanol–water partition coefficient (Wildman–Crippen LogP) is 5.94. The number of methoxy groups -OCH3 is 3. The third-order valence-electron chi connectivity index (χ3n) is 7.17. The number of esters is 1. The summed E-state index contributed by atoms with van der Waals surface area (Å²) < 4.78 is 33.0. The number of benzene rings is 3. The first kappa shape index (κ1) is 34.6. The number of rotatable bonds is 16. The van der Waals surface area contributed by atoms with Gasteiger partial charge in [0.25, 0.3) is 5.91 Å². The van der Waals surface area contributed by atoms with Gasteiger partial charge in [-0.2, -0.15) is 0 Å². The van der Waals surface area contributed by atoms with Crippen LogP contribution in [-0.2, 0) is 37.1 Å². The summed E-state index contributed by atoms with van der Waals surface area (Å²) >= 11 is 6.88. The fraction of sp³-hybridized carbons (Fsp3) is 0.382. The highest BCUT2D eigenvalue weighted by molar-refractivity contribution is 6.35. The van der Waals surface area contributed by atoms with E-state index < -0.39 is 23.9 Å². The number of ketones is 1. The second-order valence-corrected chi connectivity index (χ2v) is 10.7. The molecule has 246 valence electrons. The second kappa shape index (κ2) is 17.4. The number of Topliss-reactive ketones (excluding diaryl/α,β-unsaturated/α-hetero) is 1. The minimum atomic E-state index is -0.943. The Balaban J connectivity index is 1.59. The summed E-state index contributed by atoms with van der Waals surface area (Å²) in [6.07, 6.45) is 1.72. The van der Waals surface area contributed by atoms with E-state index in [0.717, 1.165) is 41.9 Å². The van der Waals surface area contributed by atoms with E-state index in [2.05, 4.69) is 4.74 Å². The lowest BCUT2D eigenvalue weighted by Crippen LogP contribution is -2.38. The van der Waals surface area contributed by atoms with E-state index in [1.807, 2.05) is 48.5 Å². The van der Waals surface area contributed by atoms with Crippen molar-refractivity contribution in [3.8, 4) is 23.0 Å². The van der Waals surface area contributed by atoms with Gasteiger partial charge in [-0.15, -0.1) is 0 Å². The van der Waals surface area contributed by atoms with E-state index >= 15 is 0 Å². The smallest absolute Gasteiger partial charge is 0.374 e. The summed E-state index contributed by atoms with van der Waals surface area (Å²) in [6, 6.07) is 17.9. The SMILES string of the molecule is COC(=O)C(=O)CCCN(OC1CCCCO1)C(=O)c1ccc(OCc2ccc(OC)cc2)c(OCc2ccc(OC)cc2)c1Cl. The molecule has 1 aliphatic rings. The van der Waals surface area contributed by atoms with Crippen molar-refractivity contribution in [3.05, 3.63) is 82.4 Å². The van der Waals surface area contributed by atoms with Gasteiger partial charge in [-0.25, -0.2) is 14.7 Å². The number of carbonyl (C=O) groups excluding carboxylic acids is 3. The fourth-order valence-electron chi connectivity index (χ4n) is 4.58. The maximum atomic E-state index is 13.9. The summed E-state index contributed by atoms with van der Waals surface area (Å²) in [5.74, 6) is -0.285. The first-order chi connectivity index (χ1) is 22.3.